The van der Waals surface area contributed by atoms with Gasteiger partial charge in [-0.3, -0.25) is 9.78 Å². The number of carbonyl (C=O) groups excluding carboxylic acids is 1. The van der Waals surface area contributed by atoms with Crippen LogP contribution in [0.25, 0.3) is 0 Å². The summed E-state index contributed by atoms with van der Waals surface area (Å²) in [5, 5.41) is 2.99. The van der Waals surface area contributed by atoms with E-state index in [2.05, 4.69) is 15.0 Å². The van der Waals surface area contributed by atoms with Crippen molar-refractivity contribution in [2.45, 2.75) is 19.1 Å². The lowest BCUT2D eigenvalue weighted by Gasteiger charge is -2.19. The SMILES string of the molecule is O=C(Cc1ccc(OC(F)F)cc1)NC(c1ccccc1)c1ccccn1. The third kappa shape index (κ3) is 5.34. The molecule has 0 spiro atoms. The van der Waals surface area contributed by atoms with Gasteiger partial charge in [-0.2, -0.15) is 8.78 Å². The van der Waals surface area contributed by atoms with Gasteiger partial charge in [-0.05, 0) is 35.4 Å². The minimum Gasteiger partial charge on any atom is -0.435 e. The van der Waals surface area contributed by atoms with Gasteiger partial charge in [-0.1, -0.05) is 48.5 Å². The van der Waals surface area contributed by atoms with Crippen LogP contribution in [0.4, 0.5) is 8.78 Å². The maximum Gasteiger partial charge on any atom is 0.387 e. The molecule has 6 heteroatoms. The molecule has 3 rings (SSSR count). The predicted octanol–water partition coefficient (Wildman–Crippen LogP) is 4.13. The molecule has 2 aromatic carbocycles. The second-order valence-corrected chi connectivity index (χ2v) is 5.87. The first-order valence-electron chi connectivity index (χ1n) is 8.41. The van der Waals surface area contributed by atoms with Gasteiger partial charge in [0.1, 0.15) is 5.75 Å². The Labute approximate surface area is 155 Å². The van der Waals surface area contributed by atoms with E-state index in [9.17, 15) is 13.6 Å². The number of benzene rings is 2. The number of aromatic nitrogens is 1. The standard InChI is InChI=1S/C21H18F2N2O2/c22-21(23)27-17-11-9-15(10-12-17)14-19(26)25-20(16-6-2-1-3-7-16)18-8-4-5-13-24-18/h1-13,20-21H,14H2,(H,25,26). The molecule has 1 N–H and O–H groups in total. The molecule has 0 aliphatic carbocycles. The van der Waals surface area contributed by atoms with Gasteiger partial charge in [0.05, 0.1) is 18.2 Å². The Bertz CT molecular complexity index is 817. The Morgan fingerprint density at radius 2 is 1.67 bits per heavy atom. The second-order valence-electron chi connectivity index (χ2n) is 5.87. The topological polar surface area (TPSA) is 51.2 Å². The first-order chi connectivity index (χ1) is 13.1. The van der Waals surface area contributed by atoms with Crippen molar-refractivity contribution in [2.75, 3.05) is 0 Å². The summed E-state index contributed by atoms with van der Waals surface area (Å²) in [4.78, 5) is 16.9. The number of ether oxygens (including phenoxy) is 1. The summed E-state index contributed by atoms with van der Waals surface area (Å²) in [5.41, 5.74) is 2.35. The third-order valence-corrected chi connectivity index (χ3v) is 3.93. The smallest absolute Gasteiger partial charge is 0.387 e. The van der Waals surface area contributed by atoms with Gasteiger partial charge >= 0.3 is 6.61 Å². The summed E-state index contributed by atoms with van der Waals surface area (Å²) in [6.45, 7) is -2.87. The van der Waals surface area contributed by atoms with Crippen molar-refractivity contribution >= 4 is 5.91 Å². The number of rotatable bonds is 7. The normalized spacial score (nSPS) is 11.8. The molecule has 0 radical (unpaired) electrons. The van der Waals surface area contributed by atoms with E-state index in [1.807, 2.05) is 48.5 Å². The van der Waals surface area contributed by atoms with Gasteiger partial charge < -0.3 is 10.1 Å². The first kappa shape index (κ1) is 18.5. The van der Waals surface area contributed by atoms with Gasteiger partial charge in [0.15, 0.2) is 0 Å². The zero-order chi connectivity index (χ0) is 19.1. The van der Waals surface area contributed by atoms with Gasteiger partial charge in [0.25, 0.3) is 0 Å². The predicted molar refractivity (Wildman–Crippen MR) is 97.4 cm³/mol. The summed E-state index contributed by atoms with van der Waals surface area (Å²) >= 11 is 0. The van der Waals surface area contributed by atoms with E-state index in [1.165, 1.54) is 12.1 Å². The van der Waals surface area contributed by atoms with Crippen LogP contribution in [-0.2, 0) is 11.2 Å². The van der Waals surface area contributed by atoms with Crippen LogP contribution in [0.2, 0.25) is 0 Å². The maximum atomic E-state index is 12.5. The summed E-state index contributed by atoms with van der Waals surface area (Å²) < 4.78 is 28.7. The van der Waals surface area contributed by atoms with E-state index < -0.39 is 6.61 Å². The Morgan fingerprint density at radius 3 is 2.30 bits per heavy atom. The molecule has 27 heavy (non-hydrogen) atoms. The number of alkyl halides is 2. The number of nitrogens with one attached hydrogen (secondary N) is 1. The van der Waals surface area contributed by atoms with Gasteiger partial charge in [0, 0.05) is 6.20 Å². The van der Waals surface area contributed by atoms with Crippen molar-refractivity contribution in [2.24, 2.45) is 0 Å². The van der Waals surface area contributed by atoms with Crippen LogP contribution in [0.3, 0.4) is 0 Å². The number of nitrogens with zero attached hydrogens (tertiary/aromatic N) is 1. The number of pyridine rings is 1. The van der Waals surface area contributed by atoms with Crippen molar-refractivity contribution in [3.05, 3.63) is 95.8 Å². The van der Waals surface area contributed by atoms with E-state index in [4.69, 9.17) is 0 Å². The molecule has 1 atom stereocenters. The van der Waals surface area contributed by atoms with Crippen molar-refractivity contribution in [3.63, 3.8) is 0 Å². The molecule has 1 amide bonds. The Balaban J connectivity index is 1.71. The van der Waals surface area contributed by atoms with Crippen LogP contribution < -0.4 is 10.1 Å². The average molecular weight is 368 g/mol. The minimum atomic E-state index is -2.87. The Hall–Kier alpha value is -3.28. The molecule has 0 aliphatic rings. The maximum absolute atomic E-state index is 12.5. The molecule has 138 valence electrons. The lowest BCUT2D eigenvalue weighted by Crippen LogP contribution is -2.31. The lowest BCUT2D eigenvalue weighted by atomic mass is 10.0. The van der Waals surface area contributed by atoms with Crippen LogP contribution in [0.1, 0.15) is 22.9 Å². The Morgan fingerprint density at radius 1 is 0.963 bits per heavy atom. The third-order valence-electron chi connectivity index (χ3n) is 3.93. The quantitative estimate of drug-likeness (QED) is 0.682. The molecule has 1 aromatic heterocycles. The number of amides is 1. The number of carbonyl (C=O) groups is 1. The minimum absolute atomic E-state index is 0.0600. The summed E-state index contributed by atoms with van der Waals surface area (Å²) in [6.07, 6.45) is 1.80. The first-order valence-corrected chi connectivity index (χ1v) is 8.41. The molecule has 0 saturated heterocycles. The van der Waals surface area contributed by atoms with Crippen LogP contribution in [-0.4, -0.2) is 17.5 Å². The van der Waals surface area contributed by atoms with E-state index in [1.54, 1.807) is 18.3 Å². The second kappa shape index (κ2) is 8.89. The van der Waals surface area contributed by atoms with Crippen molar-refractivity contribution in [1.82, 2.24) is 10.3 Å². The van der Waals surface area contributed by atoms with Gasteiger partial charge in [-0.25, -0.2) is 0 Å². The summed E-state index contributed by atoms with van der Waals surface area (Å²) in [5.74, 6) is -0.137. The van der Waals surface area contributed by atoms with Crippen LogP contribution in [0.5, 0.6) is 5.75 Å². The molecule has 0 fully saturated rings. The van der Waals surface area contributed by atoms with E-state index in [0.717, 1.165) is 11.3 Å². The highest BCUT2D eigenvalue weighted by Gasteiger charge is 2.18. The average Bonchev–Trinajstić information content (AvgIpc) is 2.69. The summed E-state index contributed by atoms with van der Waals surface area (Å²) in [7, 11) is 0. The highest BCUT2D eigenvalue weighted by atomic mass is 19.3. The largest absolute Gasteiger partial charge is 0.435 e. The fraction of sp³-hybridized carbons (Fsp3) is 0.143. The van der Waals surface area contributed by atoms with Crippen LogP contribution in [0, 0.1) is 0 Å². The van der Waals surface area contributed by atoms with E-state index in [0.29, 0.717) is 5.56 Å². The van der Waals surface area contributed by atoms with Crippen LogP contribution >= 0.6 is 0 Å². The number of halogens is 2. The van der Waals surface area contributed by atoms with Gasteiger partial charge in [-0.15, -0.1) is 0 Å². The molecular weight excluding hydrogens is 350 g/mol. The molecule has 0 aliphatic heterocycles. The number of hydrogen-bond acceptors (Lipinski definition) is 3. The molecule has 4 nitrogen and oxygen atoms in total. The fourth-order valence-corrected chi connectivity index (χ4v) is 2.71. The molecular formula is C21H18F2N2O2. The van der Waals surface area contributed by atoms with E-state index >= 15 is 0 Å². The highest BCUT2D eigenvalue weighted by molar-refractivity contribution is 5.79. The lowest BCUT2D eigenvalue weighted by molar-refractivity contribution is -0.121. The molecule has 0 saturated carbocycles. The van der Waals surface area contributed by atoms with Crippen molar-refractivity contribution in [3.8, 4) is 5.75 Å². The van der Waals surface area contributed by atoms with Gasteiger partial charge in [0.2, 0.25) is 5.91 Å². The zero-order valence-electron chi connectivity index (χ0n) is 14.4. The molecule has 0 bridgehead atoms. The molecule has 1 heterocycles. The van der Waals surface area contributed by atoms with Crippen molar-refractivity contribution in [1.29, 1.82) is 0 Å². The number of hydrogen-bond donors (Lipinski definition) is 1. The highest BCUT2D eigenvalue weighted by Crippen LogP contribution is 2.20. The monoisotopic (exact) mass is 368 g/mol. The zero-order valence-corrected chi connectivity index (χ0v) is 14.4. The van der Waals surface area contributed by atoms with Crippen LogP contribution in [0.15, 0.2) is 79.0 Å². The van der Waals surface area contributed by atoms with Crippen molar-refractivity contribution < 1.29 is 18.3 Å². The Kier molecular flexibility index (Phi) is 6.10. The van der Waals surface area contributed by atoms with E-state index in [-0.39, 0.29) is 24.1 Å². The molecule has 1 unspecified atom stereocenters. The fourth-order valence-electron chi connectivity index (χ4n) is 2.71. The summed E-state index contributed by atoms with van der Waals surface area (Å²) in [6, 6.07) is 20.8. The molecule has 3 aromatic rings.